The van der Waals surface area contributed by atoms with Crippen molar-refractivity contribution < 1.29 is 33.6 Å². The van der Waals surface area contributed by atoms with Crippen molar-refractivity contribution in [1.82, 2.24) is 0 Å². The van der Waals surface area contributed by atoms with Crippen molar-refractivity contribution in [1.29, 1.82) is 0 Å². The maximum absolute atomic E-state index is 12.3. The molecule has 0 saturated carbocycles. The summed E-state index contributed by atoms with van der Waals surface area (Å²) in [4.78, 5) is 12.3. The minimum absolute atomic E-state index is 0.118. The topological polar surface area (TPSA) is 83.5 Å². The van der Waals surface area contributed by atoms with Gasteiger partial charge < -0.3 is 28.8 Å². The van der Waals surface area contributed by atoms with Gasteiger partial charge in [-0.1, -0.05) is 26.7 Å². The first-order valence-electron chi connectivity index (χ1n) is 10.1. The zero-order valence-electron chi connectivity index (χ0n) is 17.5. The summed E-state index contributed by atoms with van der Waals surface area (Å²) >= 11 is 0. The number of hydrogen-bond donors (Lipinski definition) is 1. The molecule has 7 heteroatoms. The second kappa shape index (κ2) is 9.18. The second-order valence-electron chi connectivity index (χ2n) is 8.40. The van der Waals surface area contributed by atoms with Gasteiger partial charge in [-0.25, -0.2) is 0 Å². The standard InChI is InChI=1S/C20H36O7/c1-7-9-13(10-8-2)18(22)23-11-14(21)16-17(27-20(5,6)26-16)15-12-24-19(3,4)25-15/h13-17,21H,7-12H2,1-6H3/t14-,15-,16-,17-/m1/s1. The second-order valence-corrected chi connectivity index (χ2v) is 8.40. The Balaban J connectivity index is 1.96. The van der Waals surface area contributed by atoms with E-state index in [-0.39, 0.29) is 24.6 Å². The Labute approximate surface area is 162 Å². The molecule has 0 aliphatic carbocycles. The molecule has 2 aliphatic heterocycles. The van der Waals surface area contributed by atoms with Crippen LogP contribution in [0.4, 0.5) is 0 Å². The Bertz CT molecular complexity index is 485. The van der Waals surface area contributed by atoms with Gasteiger partial charge in [0, 0.05) is 0 Å². The van der Waals surface area contributed by atoms with E-state index in [1.165, 1.54) is 0 Å². The van der Waals surface area contributed by atoms with Crippen LogP contribution in [0.3, 0.4) is 0 Å². The molecule has 0 unspecified atom stereocenters. The Morgan fingerprint density at radius 1 is 1.07 bits per heavy atom. The number of aliphatic hydroxyl groups excluding tert-OH is 1. The molecule has 2 rings (SSSR count). The van der Waals surface area contributed by atoms with Crippen LogP contribution >= 0.6 is 0 Å². The van der Waals surface area contributed by atoms with Gasteiger partial charge in [-0.3, -0.25) is 4.79 Å². The minimum Gasteiger partial charge on any atom is -0.463 e. The van der Waals surface area contributed by atoms with E-state index >= 15 is 0 Å². The molecule has 4 atom stereocenters. The van der Waals surface area contributed by atoms with Crippen LogP contribution in [-0.4, -0.2) is 60.3 Å². The predicted octanol–water partition coefficient (Wildman–Crippen LogP) is 2.78. The molecule has 0 bridgehead atoms. The number of rotatable bonds is 9. The number of hydrogen-bond acceptors (Lipinski definition) is 7. The lowest BCUT2D eigenvalue weighted by molar-refractivity contribution is -0.176. The summed E-state index contributed by atoms with van der Waals surface area (Å²) in [6.07, 6.45) is 0.915. The molecular formula is C20H36O7. The quantitative estimate of drug-likeness (QED) is 0.608. The summed E-state index contributed by atoms with van der Waals surface area (Å²) in [5, 5.41) is 10.7. The average Bonchev–Trinajstić information content (AvgIpc) is 3.10. The molecule has 2 heterocycles. The normalized spacial score (nSPS) is 30.6. The van der Waals surface area contributed by atoms with Gasteiger partial charge in [0.25, 0.3) is 0 Å². The van der Waals surface area contributed by atoms with Gasteiger partial charge in [-0.15, -0.1) is 0 Å². The molecule has 0 spiro atoms. The molecular weight excluding hydrogens is 352 g/mol. The van der Waals surface area contributed by atoms with E-state index in [4.69, 9.17) is 23.7 Å². The zero-order valence-corrected chi connectivity index (χ0v) is 17.5. The smallest absolute Gasteiger partial charge is 0.309 e. The lowest BCUT2D eigenvalue weighted by atomic mass is 9.98. The van der Waals surface area contributed by atoms with Gasteiger partial charge >= 0.3 is 5.97 Å². The summed E-state index contributed by atoms with van der Waals surface area (Å²) < 4.78 is 28.8. The Morgan fingerprint density at radius 3 is 2.22 bits per heavy atom. The summed E-state index contributed by atoms with van der Waals surface area (Å²) in [6.45, 7) is 11.6. The molecule has 0 amide bonds. The van der Waals surface area contributed by atoms with Crippen LogP contribution in [0.15, 0.2) is 0 Å². The molecule has 0 radical (unpaired) electrons. The Kier molecular flexibility index (Phi) is 7.67. The fourth-order valence-corrected chi connectivity index (χ4v) is 3.74. The molecule has 27 heavy (non-hydrogen) atoms. The zero-order chi connectivity index (χ0) is 20.2. The van der Waals surface area contributed by atoms with Crippen LogP contribution < -0.4 is 0 Å². The molecule has 0 aromatic carbocycles. The van der Waals surface area contributed by atoms with Crippen LogP contribution in [0, 0.1) is 5.92 Å². The molecule has 0 aromatic heterocycles. The number of carbonyl (C=O) groups excluding carboxylic acids is 1. The summed E-state index contributed by atoms with van der Waals surface area (Å²) in [5.41, 5.74) is 0. The molecule has 1 N–H and O–H groups in total. The highest BCUT2D eigenvalue weighted by molar-refractivity contribution is 5.72. The van der Waals surface area contributed by atoms with E-state index < -0.39 is 29.9 Å². The maximum atomic E-state index is 12.3. The summed E-state index contributed by atoms with van der Waals surface area (Å²) in [7, 11) is 0. The Hall–Kier alpha value is -0.730. The lowest BCUT2D eigenvalue weighted by Gasteiger charge is -2.26. The average molecular weight is 389 g/mol. The minimum atomic E-state index is -1.00. The number of ether oxygens (including phenoxy) is 5. The highest BCUT2D eigenvalue weighted by atomic mass is 16.8. The predicted molar refractivity (Wildman–Crippen MR) is 99.0 cm³/mol. The van der Waals surface area contributed by atoms with Crippen molar-refractivity contribution in [2.75, 3.05) is 13.2 Å². The first kappa shape index (κ1) is 22.6. The van der Waals surface area contributed by atoms with Crippen molar-refractivity contribution in [3.63, 3.8) is 0 Å². The van der Waals surface area contributed by atoms with Crippen molar-refractivity contribution in [2.45, 2.75) is 103 Å². The number of carbonyl (C=O) groups is 1. The van der Waals surface area contributed by atoms with Crippen LogP contribution in [-0.2, 0) is 28.5 Å². The highest BCUT2D eigenvalue weighted by Crippen LogP contribution is 2.36. The molecule has 2 saturated heterocycles. The van der Waals surface area contributed by atoms with Crippen molar-refractivity contribution in [3.05, 3.63) is 0 Å². The monoisotopic (exact) mass is 388 g/mol. The van der Waals surface area contributed by atoms with E-state index in [0.29, 0.717) is 6.61 Å². The summed E-state index contributed by atoms with van der Waals surface area (Å²) in [6, 6.07) is 0. The number of aliphatic hydroxyl groups is 1. The van der Waals surface area contributed by atoms with Gasteiger partial charge in [0.2, 0.25) is 0 Å². The van der Waals surface area contributed by atoms with Gasteiger partial charge in [0.15, 0.2) is 11.6 Å². The molecule has 2 aliphatic rings. The lowest BCUT2D eigenvalue weighted by Crippen LogP contribution is -2.46. The molecule has 2 fully saturated rings. The van der Waals surface area contributed by atoms with Crippen molar-refractivity contribution in [2.24, 2.45) is 5.92 Å². The molecule has 158 valence electrons. The maximum Gasteiger partial charge on any atom is 0.309 e. The Morgan fingerprint density at radius 2 is 1.70 bits per heavy atom. The van der Waals surface area contributed by atoms with E-state index in [0.717, 1.165) is 25.7 Å². The van der Waals surface area contributed by atoms with E-state index in [1.54, 1.807) is 13.8 Å². The van der Waals surface area contributed by atoms with Crippen molar-refractivity contribution in [3.8, 4) is 0 Å². The van der Waals surface area contributed by atoms with E-state index in [1.807, 2.05) is 27.7 Å². The number of esters is 1. The van der Waals surface area contributed by atoms with Gasteiger partial charge in [0.1, 0.15) is 31.0 Å². The van der Waals surface area contributed by atoms with E-state index in [9.17, 15) is 9.90 Å². The molecule has 0 aromatic rings. The van der Waals surface area contributed by atoms with Gasteiger partial charge in [-0.05, 0) is 40.5 Å². The van der Waals surface area contributed by atoms with E-state index in [2.05, 4.69) is 0 Å². The third kappa shape index (κ3) is 6.12. The largest absolute Gasteiger partial charge is 0.463 e. The fourth-order valence-electron chi connectivity index (χ4n) is 3.74. The first-order chi connectivity index (χ1) is 12.6. The fraction of sp³-hybridized carbons (Fsp3) is 0.950. The summed E-state index contributed by atoms with van der Waals surface area (Å²) in [5.74, 6) is -1.93. The third-order valence-electron chi connectivity index (χ3n) is 4.94. The highest BCUT2D eigenvalue weighted by Gasteiger charge is 2.52. The van der Waals surface area contributed by atoms with Gasteiger partial charge in [-0.2, -0.15) is 0 Å². The third-order valence-corrected chi connectivity index (χ3v) is 4.94. The SMILES string of the molecule is CCCC(CCC)C(=O)OC[C@@H](O)[C@H]1OC(C)(C)O[C@@H]1[C@H]1COC(C)(C)O1. The van der Waals surface area contributed by atoms with Crippen LogP contribution in [0.25, 0.3) is 0 Å². The van der Waals surface area contributed by atoms with Gasteiger partial charge in [0.05, 0.1) is 12.5 Å². The molecule has 7 nitrogen and oxygen atoms in total. The van der Waals surface area contributed by atoms with Crippen LogP contribution in [0.1, 0.15) is 67.2 Å². The van der Waals surface area contributed by atoms with Crippen molar-refractivity contribution >= 4 is 5.97 Å². The first-order valence-corrected chi connectivity index (χ1v) is 10.1. The van der Waals surface area contributed by atoms with Crippen LogP contribution in [0.2, 0.25) is 0 Å². The van der Waals surface area contributed by atoms with Crippen LogP contribution in [0.5, 0.6) is 0 Å².